The average Bonchev–Trinajstić information content (AvgIpc) is 2.23. The van der Waals surface area contributed by atoms with Crippen LogP contribution in [0.5, 0.6) is 0 Å². The molecule has 0 fully saturated rings. The second-order valence-corrected chi connectivity index (χ2v) is 4.30. The Balaban J connectivity index is 2.28. The van der Waals surface area contributed by atoms with Gasteiger partial charge in [0.15, 0.2) is 0 Å². The van der Waals surface area contributed by atoms with Gasteiger partial charge in [-0.15, -0.1) is 0 Å². The average molecular weight is 272 g/mol. The van der Waals surface area contributed by atoms with E-state index in [0.717, 1.165) is 30.7 Å². The molecule has 15 heavy (non-hydrogen) atoms. The van der Waals surface area contributed by atoms with Crippen molar-refractivity contribution in [2.75, 3.05) is 25.1 Å². The molecule has 0 aliphatic carbocycles. The minimum atomic E-state index is 0.803. The zero-order chi connectivity index (χ0) is 11.1. The van der Waals surface area contributed by atoms with Crippen molar-refractivity contribution < 1.29 is 4.74 Å². The summed E-state index contributed by atoms with van der Waals surface area (Å²) in [5, 5.41) is 3.37. The summed E-state index contributed by atoms with van der Waals surface area (Å²) in [6.07, 6.45) is 1.04. The molecule has 0 heterocycles. The maximum absolute atomic E-state index is 5.27. The Labute approximate surface area is 100 Å². The van der Waals surface area contributed by atoms with Crippen LogP contribution in [0.1, 0.15) is 18.9 Å². The molecule has 0 bridgehead atoms. The molecular weight excluding hydrogens is 254 g/mol. The van der Waals surface area contributed by atoms with E-state index in [4.69, 9.17) is 4.74 Å². The zero-order valence-corrected chi connectivity index (χ0v) is 10.9. The molecule has 2 nitrogen and oxygen atoms in total. The molecule has 1 rings (SSSR count). The quantitative estimate of drug-likeness (QED) is 0.799. The molecule has 1 aromatic carbocycles. The van der Waals surface area contributed by atoms with Gasteiger partial charge in [0.05, 0.1) is 0 Å². The molecule has 0 saturated heterocycles. The number of hydrogen-bond donors (Lipinski definition) is 1. The highest BCUT2D eigenvalue weighted by molar-refractivity contribution is 9.10. The van der Waals surface area contributed by atoms with Gasteiger partial charge in [-0.05, 0) is 44.0 Å². The highest BCUT2D eigenvalue weighted by Crippen LogP contribution is 2.19. The molecule has 0 unspecified atom stereocenters. The number of halogens is 1. The standard InChI is InChI=1S/C12H18BrNO/c1-3-15-8-4-7-14-11-5-6-12(13)10(2)9-11/h5-6,9,14H,3-4,7-8H2,1-2H3. The van der Waals surface area contributed by atoms with Crippen LogP contribution in [0.25, 0.3) is 0 Å². The van der Waals surface area contributed by atoms with E-state index >= 15 is 0 Å². The largest absolute Gasteiger partial charge is 0.385 e. The van der Waals surface area contributed by atoms with Crippen molar-refractivity contribution in [1.29, 1.82) is 0 Å². The Morgan fingerprint density at radius 2 is 2.20 bits per heavy atom. The van der Waals surface area contributed by atoms with Gasteiger partial charge in [0.2, 0.25) is 0 Å². The summed E-state index contributed by atoms with van der Waals surface area (Å²) in [5.74, 6) is 0. The van der Waals surface area contributed by atoms with Gasteiger partial charge in [-0.25, -0.2) is 0 Å². The van der Waals surface area contributed by atoms with E-state index in [0.29, 0.717) is 0 Å². The first-order valence-electron chi connectivity index (χ1n) is 5.32. The predicted molar refractivity (Wildman–Crippen MR) is 68.5 cm³/mol. The topological polar surface area (TPSA) is 21.3 Å². The number of benzene rings is 1. The Hall–Kier alpha value is -0.540. The first kappa shape index (κ1) is 12.5. The molecule has 0 spiro atoms. The molecule has 84 valence electrons. The number of rotatable bonds is 6. The number of ether oxygens (including phenoxy) is 1. The van der Waals surface area contributed by atoms with Gasteiger partial charge in [0.1, 0.15) is 0 Å². The third kappa shape index (κ3) is 4.67. The Kier molecular flexibility index (Phi) is 5.73. The summed E-state index contributed by atoms with van der Waals surface area (Å²) >= 11 is 3.48. The third-order valence-electron chi connectivity index (χ3n) is 2.16. The lowest BCUT2D eigenvalue weighted by atomic mass is 10.2. The van der Waals surface area contributed by atoms with Crippen LogP contribution in [-0.2, 0) is 4.74 Å². The van der Waals surface area contributed by atoms with Crippen molar-refractivity contribution in [2.24, 2.45) is 0 Å². The van der Waals surface area contributed by atoms with Crippen molar-refractivity contribution >= 4 is 21.6 Å². The van der Waals surface area contributed by atoms with Gasteiger partial charge >= 0.3 is 0 Å². The van der Waals surface area contributed by atoms with Crippen LogP contribution in [0.4, 0.5) is 5.69 Å². The van der Waals surface area contributed by atoms with Crippen LogP contribution in [-0.4, -0.2) is 19.8 Å². The molecule has 3 heteroatoms. The maximum atomic E-state index is 5.27. The Bertz CT molecular complexity index is 302. The summed E-state index contributed by atoms with van der Waals surface area (Å²) in [5.41, 5.74) is 2.43. The van der Waals surface area contributed by atoms with Crippen LogP contribution >= 0.6 is 15.9 Å². The number of nitrogens with one attached hydrogen (secondary N) is 1. The van der Waals surface area contributed by atoms with Gasteiger partial charge in [-0.1, -0.05) is 15.9 Å². The van der Waals surface area contributed by atoms with Gasteiger partial charge < -0.3 is 10.1 Å². The van der Waals surface area contributed by atoms with Gasteiger partial charge in [0, 0.05) is 29.9 Å². The van der Waals surface area contributed by atoms with E-state index in [1.807, 2.05) is 6.92 Å². The fourth-order valence-electron chi connectivity index (χ4n) is 1.31. The lowest BCUT2D eigenvalue weighted by Gasteiger charge is -2.08. The minimum Gasteiger partial charge on any atom is -0.385 e. The minimum absolute atomic E-state index is 0.803. The lowest BCUT2D eigenvalue weighted by molar-refractivity contribution is 0.147. The van der Waals surface area contributed by atoms with Crippen molar-refractivity contribution in [3.63, 3.8) is 0 Å². The summed E-state index contributed by atoms with van der Waals surface area (Å²) in [4.78, 5) is 0. The fourth-order valence-corrected chi connectivity index (χ4v) is 1.55. The highest BCUT2D eigenvalue weighted by Gasteiger charge is 1.96. The van der Waals surface area contributed by atoms with Crippen molar-refractivity contribution in [1.82, 2.24) is 0 Å². The molecule has 0 radical (unpaired) electrons. The third-order valence-corrected chi connectivity index (χ3v) is 3.05. The van der Waals surface area contributed by atoms with E-state index in [1.54, 1.807) is 0 Å². The summed E-state index contributed by atoms with van der Waals surface area (Å²) in [6.45, 7) is 6.71. The normalized spacial score (nSPS) is 10.3. The molecule has 0 atom stereocenters. The van der Waals surface area contributed by atoms with E-state index in [-0.39, 0.29) is 0 Å². The number of aryl methyl sites for hydroxylation is 1. The predicted octanol–water partition coefficient (Wildman–Crippen LogP) is 3.60. The first-order valence-corrected chi connectivity index (χ1v) is 6.11. The van der Waals surface area contributed by atoms with Gasteiger partial charge in [-0.2, -0.15) is 0 Å². The maximum Gasteiger partial charge on any atom is 0.0482 e. The molecule has 0 aromatic heterocycles. The summed E-state index contributed by atoms with van der Waals surface area (Å²) in [6, 6.07) is 6.29. The zero-order valence-electron chi connectivity index (χ0n) is 9.35. The molecular formula is C12H18BrNO. The summed E-state index contributed by atoms with van der Waals surface area (Å²) < 4.78 is 6.42. The SMILES string of the molecule is CCOCCCNc1ccc(Br)c(C)c1. The molecule has 1 N–H and O–H groups in total. The van der Waals surface area contributed by atoms with E-state index in [2.05, 4.69) is 46.4 Å². The molecule has 0 saturated carbocycles. The highest BCUT2D eigenvalue weighted by atomic mass is 79.9. The molecule has 0 aliphatic heterocycles. The second-order valence-electron chi connectivity index (χ2n) is 3.44. The smallest absolute Gasteiger partial charge is 0.0482 e. The Morgan fingerprint density at radius 3 is 2.87 bits per heavy atom. The first-order chi connectivity index (χ1) is 7.24. The monoisotopic (exact) mass is 271 g/mol. The molecule has 0 amide bonds. The molecule has 0 aliphatic rings. The van der Waals surface area contributed by atoms with Crippen LogP contribution in [0.3, 0.4) is 0 Å². The van der Waals surface area contributed by atoms with E-state index in [9.17, 15) is 0 Å². The number of hydrogen-bond acceptors (Lipinski definition) is 2. The fraction of sp³-hybridized carbons (Fsp3) is 0.500. The summed E-state index contributed by atoms with van der Waals surface area (Å²) in [7, 11) is 0. The lowest BCUT2D eigenvalue weighted by Crippen LogP contribution is -2.05. The number of anilines is 1. The van der Waals surface area contributed by atoms with Crippen LogP contribution in [0.15, 0.2) is 22.7 Å². The van der Waals surface area contributed by atoms with E-state index in [1.165, 1.54) is 11.3 Å². The van der Waals surface area contributed by atoms with Crippen LogP contribution in [0.2, 0.25) is 0 Å². The van der Waals surface area contributed by atoms with Crippen LogP contribution in [0, 0.1) is 6.92 Å². The Morgan fingerprint density at radius 1 is 1.40 bits per heavy atom. The second kappa shape index (κ2) is 6.85. The van der Waals surface area contributed by atoms with Gasteiger partial charge in [0.25, 0.3) is 0 Å². The van der Waals surface area contributed by atoms with Crippen molar-refractivity contribution in [2.45, 2.75) is 20.3 Å². The molecule has 1 aromatic rings. The van der Waals surface area contributed by atoms with Crippen molar-refractivity contribution in [3.8, 4) is 0 Å². The van der Waals surface area contributed by atoms with E-state index < -0.39 is 0 Å². The van der Waals surface area contributed by atoms with Crippen molar-refractivity contribution in [3.05, 3.63) is 28.2 Å². The van der Waals surface area contributed by atoms with Gasteiger partial charge in [-0.3, -0.25) is 0 Å². The van der Waals surface area contributed by atoms with Crippen LogP contribution < -0.4 is 5.32 Å².